The first kappa shape index (κ1) is 25.3. The first-order valence-corrected chi connectivity index (χ1v) is 10.1. The summed E-state index contributed by atoms with van der Waals surface area (Å²) in [6.07, 6.45) is 0. The molecule has 0 aromatic heterocycles. The number of carboxylic acids is 2. The van der Waals surface area contributed by atoms with Crippen LogP contribution in [0.2, 0.25) is 0 Å². The van der Waals surface area contributed by atoms with E-state index in [1.807, 2.05) is 13.8 Å². The Bertz CT molecular complexity index is 1000. The van der Waals surface area contributed by atoms with E-state index in [1.165, 1.54) is 24.3 Å². The Morgan fingerprint density at radius 3 is 1.36 bits per heavy atom. The number of carboxylic acid groups (broad SMARTS) is 2. The molecule has 0 amide bonds. The van der Waals surface area contributed by atoms with Crippen LogP contribution >= 0.6 is 0 Å². The average Bonchev–Trinajstić information content (AvgIpc) is 2.76. The number of aliphatic carboxylic acids is 2. The van der Waals surface area contributed by atoms with E-state index in [0.29, 0.717) is 0 Å². The van der Waals surface area contributed by atoms with Gasteiger partial charge in [-0.15, -0.1) is 0 Å². The average molecular weight is 452 g/mol. The van der Waals surface area contributed by atoms with Gasteiger partial charge in [0.05, 0.1) is 29.2 Å². The van der Waals surface area contributed by atoms with E-state index >= 15 is 0 Å². The van der Waals surface area contributed by atoms with Crippen molar-refractivity contribution < 1.29 is 38.9 Å². The molecule has 0 spiro atoms. The molecule has 0 saturated heterocycles. The van der Waals surface area contributed by atoms with Gasteiger partial charge in [-0.3, -0.25) is 9.59 Å². The lowest BCUT2D eigenvalue weighted by molar-refractivity contribution is -0.326. The molecule has 2 aromatic carbocycles. The number of esters is 2. The largest absolute Gasteiger partial charge is 0.549 e. The van der Waals surface area contributed by atoms with Crippen molar-refractivity contribution in [2.45, 2.75) is 27.7 Å². The highest BCUT2D eigenvalue weighted by molar-refractivity contribution is 6.00. The number of carbonyl (C=O) groups is 4. The standard InChI is InChI=1S/C25H26O8/c1-14-6-10-19(11-7-14)32-22(28)17(4)25(24(30)31,16(3)21(26)27)18(5)23(29)33-20-12-8-15(2)9-13-20/h6-13,17-18H,3H2,1-2,4-5H3,(H,26,27)(H,30,31)/p-2. The monoisotopic (exact) mass is 452 g/mol. The van der Waals surface area contributed by atoms with Gasteiger partial charge < -0.3 is 29.3 Å². The van der Waals surface area contributed by atoms with Crippen molar-refractivity contribution >= 4 is 23.9 Å². The van der Waals surface area contributed by atoms with Crippen LogP contribution in [0.1, 0.15) is 25.0 Å². The highest BCUT2D eigenvalue weighted by Crippen LogP contribution is 2.43. The molecule has 0 bridgehead atoms. The van der Waals surface area contributed by atoms with Gasteiger partial charge in [-0.05, 0) is 43.7 Å². The minimum atomic E-state index is -2.71. The van der Waals surface area contributed by atoms with Crippen LogP contribution in [0, 0.1) is 31.1 Å². The normalized spacial score (nSPS) is 14.3. The zero-order valence-electron chi connectivity index (χ0n) is 18.7. The van der Waals surface area contributed by atoms with E-state index in [1.54, 1.807) is 24.3 Å². The topological polar surface area (TPSA) is 133 Å². The van der Waals surface area contributed by atoms with Crippen LogP contribution in [0.25, 0.3) is 0 Å². The highest BCUT2D eigenvalue weighted by Gasteiger charge is 2.53. The lowest BCUT2D eigenvalue weighted by atomic mass is 9.63. The van der Waals surface area contributed by atoms with Crippen LogP contribution < -0.4 is 19.7 Å². The van der Waals surface area contributed by atoms with Gasteiger partial charge in [0.15, 0.2) is 0 Å². The summed E-state index contributed by atoms with van der Waals surface area (Å²) < 4.78 is 10.5. The van der Waals surface area contributed by atoms with Crippen LogP contribution in [0.4, 0.5) is 0 Å². The molecule has 0 N–H and O–H groups in total. The van der Waals surface area contributed by atoms with Gasteiger partial charge in [-0.2, -0.15) is 0 Å². The Labute approximate surface area is 191 Å². The molecule has 2 atom stereocenters. The maximum absolute atomic E-state index is 12.9. The maximum Gasteiger partial charge on any atom is 0.315 e. The number of hydrogen-bond donors (Lipinski definition) is 0. The predicted octanol–water partition coefficient (Wildman–Crippen LogP) is 1.13. The molecule has 0 aliphatic rings. The van der Waals surface area contributed by atoms with E-state index < -0.39 is 46.7 Å². The van der Waals surface area contributed by atoms with Crippen LogP contribution in [0.15, 0.2) is 60.7 Å². The molecule has 0 saturated carbocycles. The summed E-state index contributed by atoms with van der Waals surface area (Å²) in [5, 5.41) is 24.1. The summed E-state index contributed by atoms with van der Waals surface area (Å²) in [4.78, 5) is 49.8. The summed E-state index contributed by atoms with van der Waals surface area (Å²) in [7, 11) is 0. The second-order valence-electron chi connectivity index (χ2n) is 7.83. The van der Waals surface area contributed by atoms with Crippen molar-refractivity contribution in [3.8, 4) is 11.5 Å². The number of aryl methyl sites for hydroxylation is 2. The minimum absolute atomic E-state index is 0.110. The van der Waals surface area contributed by atoms with Crippen molar-refractivity contribution in [2.75, 3.05) is 0 Å². The van der Waals surface area contributed by atoms with E-state index in [2.05, 4.69) is 6.58 Å². The fourth-order valence-corrected chi connectivity index (χ4v) is 3.54. The number of carbonyl (C=O) groups excluding carboxylic acids is 4. The molecular formula is C25H24O8-2. The van der Waals surface area contributed by atoms with Crippen molar-refractivity contribution in [3.63, 3.8) is 0 Å². The first-order chi connectivity index (χ1) is 15.4. The predicted molar refractivity (Wildman–Crippen MR) is 114 cm³/mol. The van der Waals surface area contributed by atoms with Gasteiger partial charge in [0.1, 0.15) is 11.5 Å². The fourth-order valence-electron chi connectivity index (χ4n) is 3.54. The first-order valence-electron chi connectivity index (χ1n) is 10.1. The van der Waals surface area contributed by atoms with E-state index in [4.69, 9.17) is 9.47 Å². The van der Waals surface area contributed by atoms with Gasteiger partial charge in [-0.25, -0.2) is 0 Å². The summed E-state index contributed by atoms with van der Waals surface area (Å²) in [6.45, 7) is 9.18. The lowest BCUT2D eigenvalue weighted by Gasteiger charge is -2.44. The third-order valence-electron chi connectivity index (χ3n) is 5.64. The Morgan fingerprint density at radius 2 is 1.09 bits per heavy atom. The van der Waals surface area contributed by atoms with E-state index in [9.17, 15) is 29.4 Å². The zero-order chi connectivity index (χ0) is 24.9. The third-order valence-corrected chi connectivity index (χ3v) is 5.64. The maximum atomic E-state index is 12.9. The SMILES string of the molecule is C=C(C(=O)[O-])C(C(=O)[O-])(C(C)C(=O)Oc1ccc(C)cc1)C(C)C(=O)Oc1ccc(C)cc1. The summed E-state index contributed by atoms with van der Waals surface area (Å²) >= 11 is 0. The smallest absolute Gasteiger partial charge is 0.315 e. The summed E-state index contributed by atoms with van der Waals surface area (Å²) in [5.74, 6) is -9.33. The van der Waals surface area contributed by atoms with Gasteiger partial charge in [0.25, 0.3) is 0 Å². The molecule has 2 aromatic rings. The lowest BCUT2D eigenvalue weighted by Crippen LogP contribution is -2.59. The van der Waals surface area contributed by atoms with Crippen LogP contribution in [0.5, 0.6) is 11.5 Å². The molecule has 2 unspecified atom stereocenters. The molecule has 8 nitrogen and oxygen atoms in total. The number of rotatable bonds is 9. The van der Waals surface area contributed by atoms with Crippen LogP contribution in [-0.4, -0.2) is 23.9 Å². The molecule has 2 rings (SSSR count). The second kappa shape index (κ2) is 10.1. The van der Waals surface area contributed by atoms with Gasteiger partial charge >= 0.3 is 11.9 Å². The molecule has 0 aliphatic carbocycles. The van der Waals surface area contributed by atoms with Gasteiger partial charge in [-0.1, -0.05) is 55.8 Å². The van der Waals surface area contributed by atoms with Gasteiger partial charge in [0, 0.05) is 0 Å². The van der Waals surface area contributed by atoms with E-state index in [-0.39, 0.29) is 11.5 Å². The van der Waals surface area contributed by atoms with Crippen LogP contribution in [-0.2, 0) is 19.2 Å². The van der Waals surface area contributed by atoms with Crippen LogP contribution in [0.3, 0.4) is 0 Å². The zero-order valence-corrected chi connectivity index (χ0v) is 18.7. The Hall–Kier alpha value is -3.94. The fraction of sp³-hybridized carbons (Fsp3) is 0.280. The van der Waals surface area contributed by atoms with E-state index in [0.717, 1.165) is 25.0 Å². The van der Waals surface area contributed by atoms with Crippen molar-refractivity contribution in [1.29, 1.82) is 0 Å². The third kappa shape index (κ3) is 5.28. The van der Waals surface area contributed by atoms with Crippen molar-refractivity contribution in [2.24, 2.45) is 17.3 Å². The summed E-state index contributed by atoms with van der Waals surface area (Å²) in [5.41, 5.74) is -1.93. The molecule has 33 heavy (non-hydrogen) atoms. The minimum Gasteiger partial charge on any atom is -0.549 e. The molecule has 0 radical (unpaired) electrons. The molecule has 0 heterocycles. The molecule has 174 valence electrons. The second-order valence-corrected chi connectivity index (χ2v) is 7.83. The number of benzene rings is 2. The molecule has 8 heteroatoms. The Morgan fingerprint density at radius 1 is 0.758 bits per heavy atom. The highest BCUT2D eigenvalue weighted by atomic mass is 16.5. The Balaban J connectivity index is 2.46. The number of ether oxygens (including phenoxy) is 2. The quantitative estimate of drug-likeness (QED) is 0.314. The Kier molecular flexibility index (Phi) is 7.76. The van der Waals surface area contributed by atoms with Gasteiger partial charge in [0.2, 0.25) is 0 Å². The molecule has 0 aliphatic heterocycles. The number of hydrogen-bond acceptors (Lipinski definition) is 8. The van der Waals surface area contributed by atoms with Crippen molar-refractivity contribution in [3.05, 3.63) is 71.8 Å². The van der Waals surface area contributed by atoms with Crippen molar-refractivity contribution in [1.82, 2.24) is 0 Å². The molecular weight excluding hydrogens is 428 g/mol. The molecule has 0 fully saturated rings. The summed E-state index contributed by atoms with van der Waals surface area (Å²) in [6, 6.07) is 12.6.